The number of fused-ring (bicyclic) bond motifs is 3. The molecule has 9 heteroatoms. The number of rotatable bonds is 6. The molecule has 8 nitrogen and oxygen atoms in total. The topological polar surface area (TPSA) is 99.3 Å². The summed E-state index contributed by atoms with van der Waals surface area (Å²) in [6, 6.07) is 15.3. The van der Waals surface area contributed by atoms with E-state index in [9.17, 15) is 9.18 Å². The van der Waals surface area contributed by atoms with Crippen LogP contribution in [0.3, 0.4) is 0 Å². The van der Waals surface area contributed by atoms with E-state index in [4.69, 9.17) is 19.5 Å². The Bertz CT molecular complexity index is 1530. The van der Waals surface area contributed by atoms with E-state index in [1.165, 1.54) is 30.6 Å². The minimum atomic E-state index is -0.602. The molecule has 2 aromatic heterocycles. The Kier molecular flexibility index (Phi) is 5.85. The second-order valence-electron chi connectivity index (χ2n) is 7.86. The van der Waals surface area contributed by atoms with Crippen LogP contribution < -0.4 is 19.9 Å². The molecule has 0 aliphatic carbocycles. The highest BCUT2D eigenvalue weighted by Crippen LogP contribution is 2.32. The third-order valence-electron chi connectivity index (χ3n) is 5.63. The molecule has 0 amide bonds. The molecule has 4 aromatic rings. The van der Waals surface area contributed by atoms with Crippen molar-refractivity contribution in [1.82, 2.24) is 14.5 Å². The van der Waals surface area contributed by atoms with Crippen molar-refractivity contribution in [2.24, 2.45) is 0 Å². The highest BCUT2D eigenvalue weighted by atomic mass is 19.1. The zero-order valence-corrected chi connectivity index (χ0v) is 18.7. The van der Waals surface area contributed by atoms with E-state index in [-0.39, 0.29) is 24.0 Å². The van der Waals surface area contributed by atoms with Crippen molar-refractivity contribution in [1.29, 1.82) is 5.26 Å². The molecule has 2 aromatic carbocycles. The number of aromatic nitrogens is 3. The van der Waals surface area contributed by atoms with Crippen LogP contribution in [0.4, 0.5) is 4.39 Å². The maximum atomic E-state index is 14.6. The molecule has 174 valence electrons. The maximum Gasteiger partial charge on any atom is 0.351 e. The summed E-state index contributed by atoms with van der Waals surface area (Å²) in [6.07, 6.45) is 3.48. The Hall–Kier alpha value is -4.71. The van der Waals surface area contributed by atoms with Gasteiger partial charge in [-0.1, -0.05) is 6.07 Å². The molecule has 3 heterocycles. The van der Waals surface area contributed by atoms with E-state index in [0.717, 1.165) is 16.9 Å². The van der Waals surface area contributed by atoms with Crippen LogP contribution in [-0.2, 0) is 19.6 Å². The fourth-order valence-electron chi connectivity index (χ4n) is 3.92. The van der Waals surface area contributed by atoms with Crippen molar-refractivity contribution in [2.75, 3.05) is 7.11 Å². The molecule has 35 heavy (non-hydrogen) atoms. The van der Waals surface area contributed by atoms with Crippen molar-refractivity contribution in [3.63, 3.8) is 0 Å². The summed E-state index contributed by atoms with van der Waals surface area (Å²) in [7, 11) is 1.61. The van der Waals surface area contributed by atoms with Gasteiger partial charge in [0, 0.05) is 30.4 Å². The normalized spacial score (nSPS) is 11.7. The van der Waals surface area contributed by atoms with Crippen LogP contribution in [0, 0.1) is 17.1 Å². The van der Waals surface area contributed by atoms with Crippen molar-refractivity contribution >= 4 is 0 Å². The Morgan fingerprint density at radius 3 is 2.80 bits per heavy atom. The Balaban J connectivity index is 1.33. The maximum absolute atomic E-state index is 14.6. The van der Waals surface area contributed by atoms with Gasteiger partial charge in [0.2, 0.25) is 5.88 Å². The van der Waals surface area contributed by atoms with Gasteiger partial charge in [-0.15, -0.1) is 0 Å². The van der Waals surface area contributed by atoms with Crippen LogP contribution in [-0.4, -0.2) is 21.6 Å². The Morgan fingerprint density at radius 1 is 1.11 bits per heavy atom. The molecule has 1 aliphatic heterocycles. The lowest BCUT2D eigenvalue weighted by Gasteiger charge is -2.22. The standard InChI is InChI=1S/C26H19FN4O4/c1-33-19-3-4-21-18(10-19)6-7-31-23(21)11-25(30-26(31)32)34-15-16-2-5-24(22(27)9-16)35-20-8-17(12-28)13-29-14-20/h2-5,8-11,13-14H,6-7,15H2,1H3. The van der Waals surface area contributed by atoms with Crippen LogP contribution in [0.1, 0.15) is 16.7 Å². The number of methoxy groups -OCH3 is 1. The van der Waals surface area contributed by atoms with Crippen LogP contribution in [0.2, 0.25) is 0 Å². The van der Waals surface area contributed by atoms with Gasteiger partial charge in [-0.25, -0.2) is 9.18 Å². The number of nitriles is 1. The average molecular weight is 470 g/mol. The molecule has 0 unspecified atom stereocenters. The van der Waals surface area contributed by atoms with E-state index in [0.29, 0.717) is 29.8 Å². The summed E-state index contributed by atoms with van der Waals surface area (Å²) in [4.78, 5) is 20.5. The van der Waals surface area contributed by atoms with Gasteiger partial charge >= 0.3 is 5.69 Å². The molecule has 0 saturated heterocycles. The predicted octanol–water partition coefficient (Wildman–Crippen LogP) is 4.25. The highest BCUT2D eigenvalue weighted by Gasteiger charge is 2.20. The molecule has 0 spiro atoms. The number of nitrogens with zero attached hydrogens (tertiary/aromatic N) is 4. The molecule has 0 N–H and O–H groups in total. The lowest BCUT2D eigenvalue weighted by atomic mass is 9.97. The molecule has 1 aliphatic rings. The van der Waals surface area contributed by atoms with Crippen molar-refractivity contribution < 1.29 is 18.6 Å². The van der Waals surface area contributed by atoms with Gasteiger partial charge in [0.25, 0.3) is 0 Å². The molecule has 0 fully saturated rings. The average Bonchev–Trinajstić information content (AvgIpc) is 2.88. The quantitative estimate of drug-likeness (QED) is 0.415. The number of ether oxygens (including phenoxy) is 3. The van der Waals surface area contributed by atoms with Gasteiger partial charge in [0.05, 0.1) is 24.6 Å². The lowest BCUT2D eigenvalue weighted by Crippen LogP contribution is -2.28. The number of aryl methyl sites for hydroxylation is 1. The first-order chi connectivity index (χ1) is 17.0. The second-order valence-corrected chi connectivity index (χ2v) is 7.86. The van der Waals surface area contributed by atoms with Gasteiger partial charge in [-0.05, 0) is 47.9 Å². The van der Waals surface area contributed by atoms with E-state index < -0.39 is 11.5 Å². The minimum Gasteiger partial charge on any atom is -0.497 e. The molecule has 0 bridgehead atoms. The fourth-order valence-corrected chi connectivity index (χ4v) is 3.92. The number of pyridine rings is 1. The molecular formula is C26H19FN4O4. The van der Waals surface area contributed by atoms with Gasteiger partial charge in [0.15, 0.2) is 11.6 Å². The Labute approximate surface area is 199 Å². The number of benzene rings is 2. The van der Waals surface area contributed by atoms with Crippen molar-refractivity contribution in [3.8, 4) is 40.5 Å². The van der Waals surface area contributed by atoms with E-state index in [2.05, 4.69) is 9.97 Å². The zero-order valence-electron chi connectivity index (χ0n) is 18.7. The summed E-state index contributed by atoms with van der Waals surface area (Å²) in [5.74, 6) is 0.555. The molecule has 0 saturated carbocycles. The van der Waals surface area contributed by atoms with Crippen LogP contribution in [0.5, 0.6) is 23.1 Å². The number of halogens is 1. The third kappa shape index (κ3) is 4.54. The SMILES string of the molecule is COc1ccc2c(c1)CCn1c-2cc(OCc2ccc(Oc3cncc(C#N)c3)c(F)c2)nc1=O. The monoisotopic (exact) mass is 470 g/mol. The summed E-state index contributed by atoms with van der Waals surface area (Å²) < 4.78 is 32.8. The van der Waals surface area contributed by atoms with Crippen LogP contribution in [0.25, 0.3) is 11.3 Å². The molecule has 5 rings (SSSR count). The van der Waals surface area contributed by atoms with Gasteiger partial charge in [-0.3, -0.25) is 9.55 Å². The second kappa shape index (κ2) is 9.27. The van der Waals surface area contributed by atoms with E-state index in [1.807, 2.05) is 24.3 Å². The number of hydrogen-bond donors (Lipinski definition) is 0. The zero-order chi connectivity index (χ0) is 24.4. The van der Waals surface area contributed by atoms with Crippen LogP contribution in [0.15, 0.2) is 65.7 Å². The molecular weight excluding hydrogens is 451 g/mol. The van der Waals surface area contributed by atoms with Crippen molar-refractivity contribution in [2.45, 2.75) is 19.6 Å². The smallest absolute Gasteiger partial charge is 0.351 e. The van der Waals surface area contributed by atoms with Gasteiger partial charge in [0.1, 0.15) is 24.2 Å². The van der Waals surface area contributed by atoms with Crippen LogP contribution >= 0.6 is 0 Å². The number of hydrogen-bond acceptors (Lipinski definition) is 7. The summed E-state index contributed by atoms with van der Waals surface area (Å²) in [6.45, 7) is 0.523. The van der Waals surface area contributed by atoms with E-state index in [1.54, 1.807) is 23.8 Å². The largest absolute Gasteiger partial charge is 0.497 e. The predicted molar refractivity (Wildman–Crippen MR) is 124 cm³/mol. The minimum absolute atomic E-state index is 0.00797. The molecule has 0 atom stereocenters. The van der Waals surface area contributed by atoms with Gasteiger partial charge < -0.3 is 14.2 Å². The highest BCUT2D eigenvalue weighted by molar-refractivity contribution is 5.67. The first-order valence-electron chi connectivity index (χ1n) is 10.8. The van der Waals surface area contributed by atoms with Gasteiger partial charge in [-0.2, -0.15) is 10.2 Å². The molecule has 0 radical (unpaired) electrons. The lowest BCUT2D eigenvalue weighted by molar-refractivity contribution is 0.290. The fraction of sp³-hybridized carbons (Fsp3) is 0.154. The third-order valence-corrected chi connectivity index (χ3v) is 5.63. The summed E-state index contributed by atoms with van der Waals surface area (Å²) >= 11 is 0. The van der Waals surface area contributed by atoms with Crippen molar-refractivity contribution in [3.05, 3.63) is 93.9 Å². The first-order valence-corrected chi connectivity index (χ1v) is 10.8. The Morgan fingerprint density at radius 2 is 2.00 bits per heavy atom. The summed E-state index contributed by atoms with van der Waals surface area (Å²) in [5, 5.41) is 8.96. The van der Waals surface area contributed by atoms with E-state index >= 15 is 0 Å². The first kappa shape index (κ1) is 22.1. The summed E-state index contributed by atoms with van der Waals surface area (Å²) in [5.41, 5.74) is 3.15.